The molecule has 1 fully saturated rings. The highest BCUT2D eigenvalue weighted by Crippen LogP contribution is 2.30. The molecule has 2 aliphatic heterocycles. The number of rotatable bonds is 3. The zero-order chi connectivity index (χ0) is 15.9. The van der Waals surface area contributed by atoms with Crippen molar-refractivity contribution in [3.63, 3.8) is 0 Å². The quantitative estimate of drug-likeness (QED) is 0.742. The van der Waals surface area contributed by atoms with Gasteiger partial charge in [0.15, 0.2) is 5.58 Å². The van der Waals surface area contributed by atoms with Crippen molar-refractivity contribution in [2.45, 2.75) is 44.7 Å². The standard InChI is InChI=1S/C18H21N5O/c1-2-5-15-14(4-1)19-17(24-15)12-22-10-7-13(8-11-22)18-21-20-16-6-3-9-23(16)18/h1-2,4-5,13H,3,6-12H2. The zero-order valence-electron chi connectivity index (χ0n) is 13.7. The number of benzene rings is 1. The minimum atomic E-state index is 0.546. The maximum atomic E-state index is 5.85. The van der Waals surface area contributed by atoms with Crippen LogP contribution >= 0.6 is 0 Å². The van der Waals surface area contributed by atoms with Gasteiger partial charge in [-0.05, 0) is 44.5 Å². The van der Waals surface area contributed by atoms with Gasteiger partial charge in [0.25, 0.3) is 0 Å². The van der Waals surface area contributed by atoms with Crippen LogP contribution in [0.5, 0.6) is 0 Å². The third-order valence-corrected chi connectivity index (χ3v) is 5.29. The Morgan fingerprint density at radius 3 is 2.83 bits per heavy atom. The van der Waals surface area contributed by atoms with E-state index in [1.807, 2.05) is 24.3 Å². The van der Waals surface area contributed by atoms with E-state index in [0.717, 1.165) is 62.4 Å². The molecule has 5 rings (SSSR count). The number of nitrogens with zero attached hydrogens (tertiary/aromatic N) is 5. The summed E-state index contributed by atoms with van der Waals surface area (Å²) >= 11 is 0. The molecule has 3 aromatic rings. The first-order valence-corrected chi connectivity index (χ1v) is 8.85. The molecular weight excluding hydrogens is 302 g/mol. The van der Waals surface area contributed by atoms with Gasteiger partial charge < -0.3 is 8.98 Å². The van der Waals surface area contributed by atoms with E-state index in [4.69, 9.17) is 4.42 Å². The lowest BCUT2D eigenvalue weighted by molar-refractivity contribution is 0.185. The van der Waals surface area contributed by atoms with Crippen molar-refractivity contribution in [1.82, 2.24) is 24.6 Å². The lowest BCUT2D eigenvalue weighted by Crippen LogP contribution is -2.33. The Bertz CT molecular complexity index is 826. The van der Waals surface area contributed by atoms with Crippen LogP contribution in [0.3, 0.4) is 0 Å². The second kappa shape index (κ2) is 5.70. The molecule has 6 nitrogen and oxygen atoms in total. The summed E-state index contributed by atoms with van der Waals surface area (Å²) in [4.78, 5) is 7.02. The summed E-state index contributed by atoms with van der Waals surface area (Å²) in [5.41, 5.74) is 1.82. The monoisotopic (exact) mass is 323 g/mol. The van der Waals surface area contributed by atoms with Crippen LogP contribution < -0.4 is 0 Å². The Morgan fingerprint density at radius 2 is 1.96 bits per heavy atom. The van der Waals surface area contributed by atoms with Crippen molar-refractivity contribution in [3.8, 4) is 0 Å². The van der Waals surface area contributed by atoms with Gasteiger partial charge in [-0.2, -0.15) is 0 Å². The molecule has 24 heavy (non-hydrogen) atoms. The molecule has 1 saturated heterocycles. The average Bonchev–Trinajstić information content (AvgIpc) is 3.30. The first-order chi connectivity index (χ1) is 11.9. The molecule has 1 aromatic carbocycles. The van der Waals surface area contributed by atoms with Gasteiger partial charge in [-0.25, -0.2) is 4.98 Å². The fourth-order valence-corrected chi connectivity index (χ4v) is 4.00. The van der Waals surface area contributed by atoms with Crippen LogP contribution in [0.15, 0.2) is 28.7 Å². The largest absolute Gasteiger partial charge is 0.439 e. The number of aromatic nitrogens is 4. The Kier molecular flexibility index (Phi) is 3.36. The average molecular weight is 323 g/mol. The summed E-state index contributed by atoms with van der Waals surface area (Å²) in [6, 6.07) is 7.96. The number of para-hydroxylation sites is 2. The molecule has 0 spiro atoms. The highest BCUT2D eigenvalue weighted by molar-refractivity contribution is 5.72. The van der Waals surface area contributed by atoms with Gasteiger partial charge in [-0.15, -0.1) is 10.2 Å². The van der Waals surface area contributed by atoms with Crippen molar-refractivity contribution in [2.24, 2.45) is 0 Å². The third kappa shape index (κ3) is 2.41. The first kappa shape index (κ1) is 14.2. The predicted molar refractivity (Wildman–Crippen MR) is 89.6 cm³/mol. The molecule has 0 radical (unpaired) electrons. The Balaban J connectivity index is 1.25. The van der Waals surface area contributed by atoms with Crippen molar-refractivity contribution in [2.75, 3.05) is 13.1 Å². The molecule has 4 heterocycles. The highest BCUT2D eigenvalue weighted by Gasteiger charge is 2.28. The molecule has 0 bridgehead atoms. The number of fused-ring (bicyclic) bond motifs is 2. The zero-order valence-corrected chi connectivity index (χ0v) is 13.7. The van der Waals surface area contributed by atoms with Crippen molar-refractivity contribution >= 4 is 11.1 Å². The molecule has 0 saturated carbocycles. The van der Waals surface area contributed by atoms with Crippen LogP contribution in [0, 0.1) is 0 Å². The maximum absolute atomic E-state index is 5.85. The molecular formula is C18H21N5O. The van der Waals surface area contributed by atoms with Crippen LogP contribution in [-0.4, -0.2) is 37.7 Å². The van der Waals surface area contributed by atoms with Gasteiger partial charge in [0.2, 0.25) is 5.89 Å². The van der Waals surface area contributed by atoms with E-state index in [1.54, 1.807) is 0 Å². The summed E-state index contributed by atoms with van der Waals surface area (Å²) in [5, 5.41) is 8.82. The number of oxazole rings is 1. The minimum Gasteiger partial charge on any atom is -0.439 e. The maximum Gasteiger partial charge on any atom is 0.209 e. The second-order valence-corrected chi connectivity index (χ2v) is 6.86. The highest BCUT2D eigenvalue weighted by atomic mass is 16.3. The van der Waals surface area contributed by atoms with Gasteiger partial charge in [0, 0.05) is 18.9 Å². The third-order valence-electron chi connectivity index (χ3n) is 5.29. The Labute approximate surface area is 140 Å². The molecule has 2 aromatic heterocycles. The van der Waals surface area contributed by atoms with Crippen LogP contribution in [0.2, 0.25) is 0 Å². The fourth-order valence-electron chi connectivity index (χ4n) is 4.00. The van der Waals surface area contributed by atoms with E-state index in [-0.39, 0.29) is 0 Å². The van der Waals surface area contributed by atoms with Crippen molar-refractivity contribution in [1.29, 1.82) is 0 Å². The smallest absolute Gasteiger partial charge is 0.209 e. The molecule has 0 amide bonds. The van der Waals surface area contributed by atoms with Gasteiger partial charge in [0.1, 0.15) is 17.2 Å². The van der Waals surface area contributed by atoms with E-state index in [0.29, 0.717) is 5.92 Å². The SMILES string of the molecule is c1ccc2oc(CN3CCC(c4nnc5n4CCC5)CC3)nc2c1. The second-order valence-electron chi connectivity index (χ2n) is 6.86. The molecule has 2 aliphatic rings. The van der Waals surface area contributed by atoms with Crippen LogP contribution in [0.25, 0.3) is 11.1 Å². The molecule has 0 aliphatic carbocycles. The number of hydrogen-bond donors (Lipinski definition) is 0. The topological polar surface area (TPSA) is 60.0 Å². The van der Waals surface area contributed by atoms with E-state index in [1.165, 1.54) is 18.1 Å². The summed E-state index contributed by atoms with van der Waals surface area (Å²) < 4.78 is 8.20. The predicted octanol–water partition coefficient (Wildman–Crippen LogP) is 2.75. The fraction of sp³-hybridized carbons (Fsp3) is 0.500. The molecule has 0 N–H and O–H groups in total. The minimum absolute atomic E-state index is 0.546. The van der Waals surface area contributed by atoms with Gasteiger partial charge >= 0.3 is 0 Å². The van der Waals surface area contributed by atoms with E-state index < -0.39 is 0 Å². The number of hydrogen-bond acceptors (Lipinski definition) is 5. The number of aryl methyl sites for hydroxylation is 1. The van der Waals surface area contributed by atoms with Gasteiger partial charge in [0.05, 0.1) is 6.54 Å². The van der Waals surface area contributed by atoms with E-state index in [2.05, 4.69) is 24.6 Å². The molecule has 6 heteroatoms. The van der Waals surface area contributed by atoms with Crippen molar-refractivity contribution in [3.05, 3.63) is 41.8 Å². The summed E-state index contributed by atoms with van der Waals surface area (Å²) in [6.07, 6.45) is 4.58. The molecule has 124 valence electrons. The lowest BCUT2D eigenvalue weighted by atomic mass is 9.96. The Hall–Kier alpha value is -2.21. The van der Waals surface area contributed by atoms with E-state index in [9.17, 15) is 0 Å². The normalized spacial score (nSPS) is 19.2. The van der Waals surface area contributed by atoms with Crippen LogP contribution in [0.1, 0.15) is 42.7 Å². The first-order valence-electron chi connectivity index (χ1n) is 8.85. The van der Waals surface area contributed by atoms with Gasteiger partial charge in [-0.1, -0.05) is 12.1 Å². The van der Waals surface area contributed by atoms with Gasteiger partial charge in [-0.3, -0.25) is 4.90 Å². The number of likely N-dealkylation sites (tertiary alicyclic amines) is 1. The lowest BCUT2D eigenvalue weighted by Gasteiger charge is -2.30. The molecule has 0 atom stereocenters. The summed E-state index contributed by atoms with van der Waals surface area (Å²) in [5.74, 6) is 3.75. The summed E-state index contributed by atoms with van der Waals surface area (Å²) in [7, 11) is 0. The van der Waals surface area contributed by atoms with Crippen LogP contribution in [-0.2, 0) is 19.5 Å². The Morgan fingerprint density at radius 1 is 1.08 bits per heavy atom. The molecule has 0 unspecified atom stereocenters. The summed E-state index contributed by atoms with van der Waals surface area (Å²) in [6.45, 7) is 4.01. The van der Waals surface area contributed by atoms with Crippen LogP contribution in [0.4, 0.5) is 0 Å². The van der Waals surface area contributed by atoms with E-state index >= 15 is 0 Å². The van der Waals surface area contributed by atoms with Crippen molar-refractivity contribution < 1.29 is 4.42 Å². The number of piperidine rings is 1.